The number of benzene rings is 2. The molecule has 9 heteroatoms. The zero-order valence-corrected chi connectivity index (χ0v) is 18.4. The molecule has 1 amide bonds. The van der Waals surface area contributed by atoms with Crippen LogP contribution in [-0.2, 0) is 10.0 Å². The quantitative estimate of drug-likeness (QED) is 0.539. The van der Waals surface area contributed by atoms with Gasteiger partial charge in [0.2, 0.25) is 10.0 Å². The molecule has 1 heterocycles. The Morgan fingerprint density at radius 2 is 1.86 bits per heavy atom. The first kappa shape index (κ1) is 21.2. The summed E-state index contributed by atoms with van der Waals surface area (Å²) in [5.74, 6) is -0.345. The second-order valence-electron chi connectivity index (χ2n) is 6.53. The Bertz CT molecular complexity index is 1110. The molecule has 0 aliphatic carbocycles. The van der Waals surface area contributed by atoms with Gasteiger partial charge in [0.25, 0.3) is 5.91 Å². The predicted molar refractivity (Wildman–Crippen MR) is 116 cm³/mol. The van der Waals surface area contributed by atoms with Crippen LogP contribution in [0.25, 0.3) is 5.69 Å². The lowest BCUT2D eigenvalue weighted by atomic mass is 10.2. The molecule has 3 rings (SSSR count). The summed E-state index contributed by atoms with van der Waals surface area (Å²) in [7, 11) is -3.61. The lowest BCUT2D eigenvalue weighted by Crippen LogP contribution is -2.32. The molecule has 1 aromatic heterocycles. The Balaban J connectivity index is 1.79. The van der Waals surface area contributed by atoms with E-state index >= 15 is 0 Å². The molecule has 2 aromatic carbocycles. The monoisotopic (exact) mass is 476 g/mol. The van der Waals surface area contributed by atoms with Crippen molar-refractivity contribution in [3.05, 3.63) is 71.0 Å². The van der Waals surface area contributed by atoms with E-state index in [0.29, 0.717) is 23.4 Å². The summed E-state index contributed by atoms with van der Waals surface area (Å²) < 4.78 is 29.8. The van der Waals surface area contributed by atoms with Crippen LogP contribution in [0, 0.1) is 0 Å². The number of hydrogen-bond acceptors (Lipinski definition) is 4. The summed E-state index contributed by atoms with van der Waals surface area (Å²) in [5.41, 5.74) is 1.65. The molecule has 0 aliphatic heterocycles. The molecule has 0 radical (unpaired) electrons. The SMILES string of the molecule is CCC(C)NS(=O)(=O)c1ccc(C(=O)Nc2ccccc2-n2cc(Br)cn2)cc1. The van der Waals surface area contributed by atoms with E-state index < -0.39 is 10.0 Å². The van der Waals surface area contributed by atoms with Gasteiger partial charge in [-0.15, -0.1) is 0 Å². The lowest BCUT2D eigenvalue weighted by molar-refractivity contribution is 0.102. The molecular weight excluding hydrogens is 456 g/mol. The second-order valence-corrected chi connectivity index (χ2v) is 9.16. The van der Waals surface area contributed by atoms with E-state index in [1.165, 1.54) is 24.3 Å². The topological polar surface area (TPSA) is 93.1 Å². The van der Waals surface area contributed by atoms with Crippen LogP contribution in [0.15, 0.2) is 70.3 Å². The molecule has 0 fully saturated rings. The molecule has 7 nitrogen and oxygen atoms in total. The number of anilines is 1. The number of hydrogen-bond donors (Lipinski definition) is 2. The maximum atomic E-state index is 12.7. The average molecular weight is 477 g/mol. The van der Waals surface area contributed by atoms with Crippen molar-refractivity contribution in [3.63, 3.8) is 0 Å². The highest BCUT2D eigenvalue weighted by Crippen LogP contribution is 2.22. The van der Waals surface area contributed by atoms with E-state index in [1.807, 2.05) is 25.1 Å². The number of rotatable bonds is 7. The number of halogens is 1. The zero-order valence-electron chi connectivity index (χ0n) is 16.0. The van der Waals surface area contributed by atoms with Crippen molar-refractivity contribution in [2.75, 3.05) is 5.32 Å². The molecule has 0 aliphatic rings. The fraction of sp³-hybridized carbons (Fsp3) is 0.200. The fourth-order valence-electron chi connectivity index (χ4n) is 2.61. The number of sulfonamides is 1. The molecule has 29 heavy (non-hydrogen) atoms. The number of aromatic nitrogens is 2. The fourth-order valence-corrected chi connectivity index (χ4v) is 4.22. The molecule has 0 saturated heterocycles. The highest BCUT2D eigenvalue weighted by Gasteiger charge is 2.17. The van der Waals surface area contributed by atoms with Gasteiger partial charge in [0.05, 0.1) is 26.9 Å². The molecular formula is C20H21BrN4O3S. The van der Waals surface area contributed by atoms with Gasteiger partial charge in [0, 0.05) is 17.8 Å². The largest absolute Gasteiger partial charge is 0.320 e. The third kappa shape index (κ3) is 5.11. The first-order valence-corrected chi connectivity index (χ1v) is 11.3. The van der Waals surface area contributed by atoms with Crippen molar-refractivity contribution in [2.24, 2.45) is 0 Å². The summed E-state index contributed by atoms with van der Waals surface area (Å²) >= 11 is 3.36. The third-order valence-corrected chi connectivity index (χ3v) is 6.36. The van der Waals surface area contributed by atoms with Crippen LogP contribution in [0.1, 0.15) is 30.6 Å². The minimum Gasteiger partial charge on any atom is -0.320 e. The number of para-hydroxylation sites is 2. The highest BCUT2D eigenvalue weighted by atomic mass is 79.9. The van der Waals surface area contributed by atoms with Crippen molar-refractivity contribution >= 4 is 37.5 Å². The van der Waals surface area contributed by atoms with Crippen molar-refractivity contribution < 1.29 is 13.2 Å². The first-order chi connectivity index (χ1) is 13.8. The number of carbonyl (C=O) groups is 1. The normalized spacial score (nSPS) is 12.5. The summed E-state index contributed by atoms with van der Waals surface area (Å²) in [4.78, 5) is 12.8. The molecule has 0 bridgehead atoms. The van der Waals surface area contributed by atoms with Gasteiger partial charge in [0.1, 0.15) is 0 Å². The van der Waals surface area contributed by atoms with E-state index in [0.717, 1.165) is 4.47 Å². The van der Waals surface area contributed by atoms with Crippen molar-refractivity contribution in [3.8, 4) is 5.69 Å². The Labute approximate surface area is 178 Å². The van der Waals surface area contributed by atoms with Crippen LogP contribution in [-0.4, -0.2) is 30.1 Å². The third-order valence-electron chi connectivity index (χ3n) is 4.35. The summed E-state index contributed by atoms with van der Waals surface area (Å²) in [6, 6.07) is 13.0. The van der Waals surface area contributed by atoms with Gasteiger partial charge in [-0.25, -0.2) is 17.8 Å². The molecule has 0 saturated carbocycles. The maximum absolute atomic E-state index is 12.7. The van der Waals surface area contributed by atoms with Crippen LogP contribution in [0.4, 0.5) is 5.69 Å². The minimum absolute atomic E-state index is 0.121. The van der Waals surface area contributed by atoms with Gasteiger partial charge in [-0.2, -0.15) is 5.10 Å². The summed E-state index contributed by atoms with van der Waals surface area (Å²) in [5, 5.41) is 7.09. The van der Waals surface area contributed by atoms with Gasteiger partial charge in [-0.05, 0) is 65.7 Å². The Kier molecular flexibility index (Phi) is 6.51. The predicted octanol–water partition coefficient (Wildman–Crippen LogP) is 3.96. The molecule has 1 atom stereocenters. The van der Waals surface area contributed by atoms with Gasteiger partial charge >= 0.3 is 0 Å². The van der Waals surface area contributed by atoms with Gasteiger partial charge in [-0.1, -0.05) is 19.1 Å². The summed E-state index contributed by atoms with van der Waals surface area (Å²) in [6.07, 6.45) is 4.13. The molecule has 0 spiro atoms. The van der Waals surface area contributed by atoms with E-state index in [1.54, 1.807) is 30.1 Å². The number of nitrogens with one attached hydrogen (secondary N) is 2. The van der Waals surface area contributed by atoms with Crippen LogP contribution in [0.3, 0.4) is 0 Å². The van der Waals surface area contributed by atoms with E-state index in [4.69, 9.17) is 0 Å². The van der Waals surface area contributed by atoms with Crippen LogP contribution in [0.2, 0.25) is 0 Å². The second kappa shape index (κ2) is 8.89. The molecule has 152 valence electrons. The van der Waals surface area contributed by atoms with Crippen LogP contribution >= 0.6 is 15.9 Å². The van der Waals surface area contributed by atoms with E-state index in [-0.39, 0.29) is 16.8 Å². The lowest BCUT2D eigenvalue weighted by Gasteiger charge is -2.13. The van der Waals surface area contributed by atoms with Gasteiger partial charge < -0.3 is 5.32 Å². The van der Waals surface area contributed by atoms with Crippen molar-refractivity contribution in [1.29, 1.82) is 0 Å². The highest BCUT2D eigenvalue weighted by molar-refractivity contribution is 9.10. The van der Waals surface area contributed by atoms with Crippen LogP contribution < -0.4 is 10.0 Å². The first-order valence-electron chi connectivity index (χ1n) is 9.03. The summed E-state index contributed by atoms with van der Waals surface area (Å²) in [6.45, 7) is 3.70. The van der Waals surface area contributed by atoms with E-state index in [9.17, 15) is 13.2 Å². The van der Waals surface area contributed by atoms with Crippen molar-refractivity contribution in [1.82, 2.24) is 14.5 Å². The Morgan fingerprint density at radius 1 is 1.17 bits per heavy atom. The van der Waals surface area contributed by atoms with E-state index in [2.05, 4.69) is 31.1 Å². The number of nitrogens with zero attached hydrogens (tertiary/aromatic N) is 2. The van der Waals surface area contributed by atoms with Gasteiger partial charge in [-0.3, -0.25) is 4.79 Å². The maximum Gasteiger partial charge on any atom is 0.255 e. The minimum atomic E-state index is -3.61. The average Bonchev–Trinajstić information content (AvgIpc) is 3.14. The van der Waals surface area contributed by atoms with Crippen LogP contribution in [0.5, 0.6) is 0 Å². The van der Waals surface area contributed by atoms with Gasteiger partial charge in [0.15, 0.2) is 0 Å². The standard InChI is InChI=1S/C20H21BrN4O3S/c1-3-14(2)24-29(27,28)17-10-8-15(9-11-17)20(26)23-18-6-4-5-7-19(18)25-13-16(21)12-22-25/h4-14,24H,3H2,1-2H3,(H,23,26). The smallest absolute Gasteiger partial charge is 0.255 e. The number of carbonyl (C=O) groups excluding carboxylic acids is 1. The molecule has 2 N–H and O–H groups in total. The zero-order chi connectivity index (χ0) is 21.0. The van der Waals surface area contributed by atoms with Crippen molar-refractivity contribution in [2.45, 2.75) is 31.2 Å². The Morgan fingerprint density at radius 3 is 2.48 bits per heavy atom. The molecule has 1 unspecified atom stereocenters. The number of amides is 1. The Hall–Kier alpha value is -2.49. The molecule has 3 aromatic rings.